The third kappa shape index (κ3) is 2.77. The van der Waals surface area contributed by atoms with Crippen molar-refractivity contribution < 1.29 is 18.8 Å². The van der Waals surface area contributed by atoms with Crippen LogP contribution in [0.1, 0.15) is 45.1 Å². The van der Waals surface area contributed by atoms with Gasteiger partial charge in [0.25, 0.3) is 0 Å². The van der Waals surface area contributed by atoms with Crippen LogP contribution in [0.4, 0.5) is 0 Å². The Balaban J connectivity index is 1.97. The van der Waals surface area contributed by atoms with E-state index in [0.717, 1.165) is 15.5 Å². The maximum absolute atomic E-state index is 12.0. The molecule has 0 amide bonds. The second kappa shape index (κ2) is 5.58. The van der Waals surface area contributed by atoms with Crippen LogP contribution in [-0.4, -0.2) is 35.3 Å². The van der Waals surface area contributed by atoms with E-state index in [1.165, 1.54) is 11.5 Å². The van der Waals surface area contributed by atoms with E-state index < -0.39 is 24.3 Å². The molecular weight excluding hydrogens is 313 g/mol. The molecule has 0 saturated carbocycles. The van der Waals surface area contributed by atoms with Gasteiger partial charge in [-0.1, -0.05) is 12.1 Å². The third-order valence-corrected chi connectivity index (χ3v) is 5.31. The van der Waals surface area contributed by atoms with Crippen molar-refractivity contribution in [3.8, 4) is 0 Å². The fourth-order valence-electron chi connectivity index (χ4n) is 2.43. The maximum atomic E-state index is 12.0. The summed E-state index contributed by atoms with van der Waals surface area (Å²) >= 11 is 1.29. The Morgan fingerprint density at radius 1 is 1.26 bits per heavy atom. The number of ether oxygens (including phenoxy) is 1. The number of aromatic nitrogens is 1. The highest BCUT2D eigenvalue weighted by Gasteiger charge is 2.51. The molecule has 1 fully saturated rings. The molecule has 3 rings (SSSR count). The first kappa shape index (κ1) is 16.4. The maximum Gasteiger partial charge on any atom is 0.494 e. The molecule has 1 aromatic carbocycles. The van der Waals surface area contributed by atoms with E-state index in [-0.39, 0.29) is 0 Å². The predicted octanol–water partition coefficient (Wildman–Crippen LogP) is 2.77. The van der Waals surface area contributed by atoms with E-state index in [2.05, 4.69) is 4.37 Å². The van der Waals surface area contributed by atoms with Crippen LogP contribution < -0.4 is 5.46 Å². The van der Waals surface area contributed by atoms with Crippen LogP contribution in [0.15, 0.2) is 18.2 Å². The molecule has 2 aromatic rings. The Hall–Kier alpha value is -1.44. The van der Waals surface area contributed by atoms with Crippen molar-refractivity contribution in [2.75, 3.05) is 6.61 Å². The molecule has 1 aromatic heterocycles. The fourth-order valence-corrected chi connectivity index (χ4v) is 3.17. The van der Waals surface area contributed by atoms with Crippen LogP contribution in [0.5, 0.6) is 0 Å². The first-order valence-electron chi connectivity index (χ1n) is 7.67. The smallest absolute Gasteiger partial charge is 0.461 e. The highest BCUT2D eigenvalue weighted by Crippen LogP contribution is 2.36. The van der Waals surface area contributed by atoms with Crippen molar-refractivity contribution in [1.82, 2.24) is 4.37 Å². The molecule has 0 unspecified atom stereocenters. The van der Waals surface area contributed by atoms with Gasteiger partial charge in [-0.3, -0.25) is 0 Å². The molecule has 1 saturated heterocycles. The van der Waals surface area contributed by atoms with Crippen LogP contribution in [0.3, 0.4) is 0 Å². The minimum absolute atomic E-state index is 0.328. The standard InChI is InChI=1S/C16H20BNO4S/c1-6-20-14(19)13-11-9-10(7-8-12(11)23-18-13)17-21-15(2,3)16(4,5)22-17/h7-9H,6H2,1-5H3. The number of esters is 1. The highest BCUT2D eigenvalue weighted by atomic mass is 32.1. The average molecular weight is 333 g/mol. The van der Waals surface area contributed by atoms with Crippen molar-refractivity contribution >= 4 is 40.2 Å². The Bertz CT molecular complexity index is 740. The zero-order valence-electron chi connectivity index (χ0n) is 14.0. The van der Waals surface area contributed by atoms with Crippen molar-refractivity contribution in [2.45, 2.75) is 45.8 Å². The van der Waals surface area contributed by atoms with Gasteiger partial charge >= 0.3 is 13.1 Å². The van der Waals surface area contributed by atoms with E-state index in [9.17, 15) is 4.79 Å². The van der Waals surface area contributed by atoms with Crippen LogP contribution in [0.25, 0.3) is 10.1 Å². The third-order valence-electron chi connectivity index (χ3n) is 4.49. The average Bonchev–Trinajstić information content (AvgIpc) is 2.97. The van der Waals surface area contributed by atoms with E-state index >= 15 is 0 Å². The summed E-state index contributed by atoms with van der Waals surface area (Å²) in [4.78, 5) is 12.0. The van der Waals surface area contributed by atoms with Gasteiger partial charge in [-0.05, 0) is 57.7 Å². The summed E-state index contributed by atoms with van der Waals surface area (Å²) in [6.45, 7) is 10.2. The Labute approximate surface area is 140 Å². The van der Waals surface area contributed by atoms with Gasteiger partial charge in [0.15, 0.2) is 5.69 Å². The molecule has 122 valence electrons. The summed E-state index contributed by atoms with van der Waals surface area (Å²) in [5, 5.41) is 0.778. The van der Waals surface area contributed by atoms with Gasteiger partial charge in [-0.2, -0.15) is 4.37 Å². The molecule has 0 atom stereocenters. The largest absolute Gasteiger partial charge is 0.494 e. The Kier molecular flexibility index (Phi) is 3.98. The van der Waals surface area contributed by atoms with E-state index in [4.69, 9.17) is 14.0 Å². The Morgan fingerprint density at radius 3 is 2.52 bits per heavy atom. The zero-order chi connectivity index (χ0) is 16.8. The van der Waals surface area contributed by atoms with Crippen LogP contribution in [0, 0.1) is 0 Å². The molecule has 0 aliphatic carbocycles. The lowest BCUT2D eigenvalue weighted by Gasteiger charge is -2.32. The summed E-state index contributed by atoms with van der Waals surface area (Å²) in [5.41, 5.74) is 0.430. The van der Waals surface area contributed by atoms with Gasteiger partial charge in [-0.15, -0.1) is 0 Å². The minimum atomic E-state index is -0.459. The second-order valence-electron chi connectivity index (χ2n) is 6.60. The highest BCUT2D eigenvalue weighted by molar-refractivity contribution is 7.13. The number of carbonyl (C=O) groups excluding carboxylic acids is 1. The number of carbonyl (C=O) groups is 1. The summed E-state index contributed by atoms with van der Waals surface area (Å²) in [7, 11) is -0.459. The number of nitrogens with zero attached hydrogens (tertiary/aromatic N) is 1. The van der Waals surface area contributed by atoms with Gasteiger partial charge in [0, 0.05) is 5.39 Å². The summed E-state index contributed by atoms with van der Waals surface area (Å²) in [5.74, 6) is -0.398. The molecule has 0 spiro atoms. The van der Waals surface area contributed by atoms with Gasteiger partial charge in [0.1, 0.15) is 0 Å². The zero-order valence-corrected chi connectivity index (χ0v) is 14.8. The monoisotopic (exact) mass is 333 g/mol. The predicted molar refractivity (Wildman–Crippen MR) is 91.3 cm³/mol. The summed E-state index contributed by atoms with van der Waals surface area (Å²) in [6, 6.07) is 5.81. The van der Waals surface area contributed by atoms with E-state index in [1.807, 2.05) is 45.9 Å². The number of hydrogen-bond acceptors (Lipinski definition) is 6. The summed E-state index contributed by atoms with van der Waals surface area (Å²) in [6.07, 6.45) is 0. The molecular formula is C16H20BNO4S. The summed E-state index contributed by atoms with van der Waals surface area (Å²) < 4.78 is 22.4. The molecule has 2 heterocycles. The molecule has 0 bridgehead atoms. The lowest BCUT2D eigenvalue weighted by atomic mass is 9.78. The molecule has 7 heteroatoms. The van der Waals surface area contributed by atoms with Gasteiger partial charge < -0.3 is 14.0 Å². The van der Waals surface area contributed by atoms with E-state index in [0.29, 0.717) is 12.3 Å². The van der Waals surface area contributed by atoms with Crippen LogP contribution in [0.2, 0.25) is 0 Å². The van der Waals surface area contributed by atoms with Crippen molar-refractivity contribution in [3.63, 3.8) is 0 Å². The number of benzene rings is 1. The molecule has 1 aliphatic heterocycles. The first-order valence-corrected chi connectivity index (χ1v) is 8.44. The number of rotatable bonds is 3. The van der Waals surface area contributed by atoms with Gasteiger partial charge in [0.05, 0.1) is 22.5 Å². The molecule has 1 aliphatic rings. The lowest BCUT2D eigenvalue weighted by Crippen LogP contribution is -2.41. The quantitative estimate of drug-likeness (QED) is 0.639. The normalized spacial score (nSPS) is 19.3. The van der Waals surface area contributed by atoms with Gasteiger partial charge in [0.2, 0.25) is 0 Å². The molecule has 5 nitrogen and oxygen atoms in total. The fraction of sp³-hybridized carbons (Fsp3) is 0.500. The van der Waals surface area contributed by atoms with Crippen molar-refractivity contribution in [1.29, 1.82) is 0 Å². The topological polar surface area (TPSA) is 57.7 Å². The van der Waals surface area contributed by atoms with Crippen LogP contribution in [-0.2, 0) is 14.0 Å². The first-order chi connectivity index (χ1) is 10.7. The van der Waals surface area contributed by atoms with Crippen molar-refractivity contribution in [2.24, 2.45) is 0 Å². The lowest BCUT2D eigenvalue weighted by molar-refractivity contribution is 0.00578. The minimum Gasteiger partial charge on any atom is -0.461 e. The molecule has 0 radical (unpaired) electrons. The SMILES string of the molecule is CCOC(=O)c1nsc2ccc(B3OC(C)(C)C(C)(C)O3)cc12. The second-order valence-corrected chi connectivity index (χ2v) is 7.40. The van der Waals surface area contributed by atoms with Gasteiger partial charge in [-0.25, -0.2) is 4.79 Å². The Morgan fingerprint density at radius 2 is 1.91 bits per heavy atom. The van der Waals surface area contributed by atoms with Crippen molar-refractivity contribution in [3.05, 3.63) is 23.9 Å². The number of fused-ring (bicyclic) bond motifs is 1. The molecule has 23 heavy (non-hydrogen) atoms. The number of hydrogen-bond donors (Lipinski definition) is 0. The molecule has 0 N–H and O–H groups in total. The van der Waals surface area contributed by atoms with Crippen LogP contribution >= 0.6 is 11.5 Å². The van der Waals surface area contributed by atoms with E-state index in [1.54, 1.807) is 6.92 Å².